The van der Waals surface area contributed by atoms with Crippen LogP contribution >= 0.6 is 0 Å². The first-order chi connectivity index (χ1) is 8.58. The second kappa shape index (κ2) is 5.21. The van der Waals surface area contributed by atoms with E-state index in [1.54, 1.807) is 18.3 Å². The molecule has 0 aliphatic carbocycles. The maximum Gasteiger partial charge on any atom is 0.128 e. The molecule has 0 spiro atoms. The van der Waals surface area contributed by atoms with Crippen LogP contribution in [0.25, 0.3) is 0 Å². The van der Waals surface area contributed by atoms with Gasteiger partial charge in [-0.1, -0.05) is 18.2 Å². The van der Waals surface area contributed by atoms with Crippen molar-refractivity contribution in [1.29, 1.82) is 0 Å². The Labute approximate surface area is 107 Å². The van der Waals surface area contributed by atoms with E-state index >= 15 is 0 Å². The van der Waals surface area contributed by atoms with Crippen LogP contribution in [0.4, 0.5) is 10.1 Å². The van der Waals surface area contributed by atoms with E-state index in [0.29, 0.717) is 11.6 Å². The SMILES string of the molecule is CC(Nc1cnn(C(C)C)c1)c1ccccc1F. The molecule has 18 heavy (non-hydrogen) atoms. The van der Waals surface area contributed by atoms with Crippen LogP contribution in [0.1, 0.15) is 38.4 Å². The van der Waals surface area contributed by atoms with Gasteiger partial charge in [0.1, 0.15) is 5.82 Å². The average Bonchev–Trinajstić information content (AvgIpc) is 2.78. The lowest BCUT2D eigenvalue weighted by Gasteiger charge is -2.14. The van der Waals surface area contributed by atoms with Crippen molar-refractivity contribution in [3.05, 3.63) is 48.0 Å². The minimum absolute atomic E-state index is 0.0870. The number of anilines is 1. The minimum atomic E-state index is -0.186. The Kier molecular flexibility index (Phi) is 3.65. The number of hydrogen-bond acceptors (Lipinski definition) is 2. The molecule has 0 amide bonds. The Bertz CT molecular complexity index is 519. The summed E-state index contributed by atoms with van der Waals surface area (Å²) in [7, 11) is 0. The third-order valence-electron chi connectivity index (χ3n) is 2.89. The Morgan fingerprint density at radius 1 is 1.22 bits per heavy atom. The first kappa shape index (κ1) is 12.6. The van der Waals surface area contributed by atoms with Crippen LogP contribution in [0.5, 0.6) is 0 Å². The van der Waals surface area contributed by atoms with Crippen molar-refractivity contribution in [2.75, 3.05) is 5.32 Å². The molecule has 1 heterocycles. The summed E-state index contributed by atoms with van der Waals surface area (Å²) in [5.74, 6) is -0.186. The predicted molar refractivity (Wildman–Crippen MR) is 71.0 cm³/mol. The number of rotatable bonds is 4. The summed E-state index contributed by atoms with van der Waals surface area (Å²) in [5, 5.41) is 7.50. The van der Waals surface area contributed by atoms with Gasteiger partial charge in [0.2, 0.25) is 0 Å². The summed E-state index contributed by atoms with van der Waals surface area (Å²) in [6.45, 7) is 6.07. The summed E-state index contributed by atoms with van der Waals surface area (Å²) in [6, 6.07) is 7.04. The van der Waals surface area contributed by atoms with E-state index < -0.39 is 0 Å². The van der Waals surface area contributed by atoms with Crippen molar-refractivity contribution in [3.8, 4) is 0 Å². The molecule has 0 radical (unpaired) electrons. The van der Waals surface area contributed by atoms with Gasteiger partial charge in [-0.25, -0.2) is 4.39 Å². The van der Waals surface area contributed by atoms with Crippen molar-refractivity contribution in [2.24, 2.45) is 0 Å². The fourth-order valence-corrected chi connectivity index (χ4v) is 1.85. The quantitative estimate of drug-likeness (QED) is 0.891. The highest BCUT2D eigenvalue weighted by molar-refractivity contribution is 5.41. The van der Waals surface area contributed by atoms with E-state index in [1.807, 2.05) is 23.9 Å². The van der Waals surface area contributed by atoms with Crippen molar-refractivity contribution < 1.29 is 4.39 Å². The van der Waals surface area contributed by atoms with Gasteiger partial charge in [0.05, 0.1) is 17.9 Å². The maximum atomic E-state index is 13.6. The first-order valence-electron chi connectivity index (χ1n) is 6.13. The Morgan fingerprint density at radius 3 is 2.56 bits per heavy atom. The Morgan fingerprint density at radius 2 is 1.94 bits per heavy atom. The predicted octanol–water partition coefficient (Wildman–Crippen LogP) is 3.78. The molecule has 0 fully saturated rings. The van der Waals surface area contributed by atoms with Gasteiger partial charge in [0.25, 0.3) is 0 Å². The molecule has 0 saturated heterocycles. The molecule has 2 aromatic rings. The summed E-state index contributed by atoms with van der Waals surface area (Å²) in [6.07, 6.45) is 3.69. The maximum absolute atomic E-state index is 13.6. The molecule has 1 aromatic carbocycles. The largest absolute Gasteiger partial charge is 0.376 e. The van der Waals surface area contributed by atoms with Crippen molar-refractivity contribution >= 4 is 5.69 Å². The van der Waals surface area contributed by atoms with E-state index in [-0.39, 0.29) is 11.9 Å². The standard InChI is InChI=1S/C14H18FN3/c1-10(2)18-9-12(8-16-18)17-11(3)13-6-4-5-7-14(13)15/h4-11,17H,1-3H3. The third-order valence-corrected chi connectivity index (χ3v) is 2.89. The molecule has 1 unspecified atom stereocenters. The smallest absolute Gasteiger partial charge is 0.128 e. The van der Waals surface area contributed by atoms with Crippen LogP contribution in [0.2, 0.25) is 0 Å². The van der Waals surface area contributed by atoms with Crippen molar-refractivity contribution in [2.45, 2.75) is 32.9 Å². The Hall–Kier alpha value is -1.84. The highest BCUT2D eigenvalue weighted by Crippen LogP contribution is 2.21. The monoisotopic (exact) mass is 247 g/mol. The van der Waals surface area contributed by atoms with Crippen LogP contribution in [-0.4, -0.2) is 9.78 Å². The van der Waals surface area contributed by atoms with Crippen LogP contribution < -0.4 is 5.32 Å². The molecule has 4 heteroatoms. The molecule has 96 valence electrons. The highest BCUT2D eigenvalue weighted by Gasteiger charge is 2.11. The van der Waals surface area contributed by atoms with E-state index in [0.717, 1.165) is 5.69 Å². The van der Waals surface area contributed by atoms with Gasteiger partial charge in [-0.3, -0.25) is 4.68 Å². The normalized spacial score (nSPS) is 12.7. The van der Waals surface area contributed by atoms with Gasteiger partial charge >= 0.3 is 0 Å². The van der Waals surface area contributed by atoms with Crippen molar-refractivity contribution in [1.82, 2.24) is 9.78 Å². The lowest BCUT2D eigenvalue weighted by atomic mass is 10.1. The van der Waals surface area contributed by atoms with Crippen LogP contribution in [-0.2, 0) is 0 Å². The second-order valence-electron chi connectivity index (χ2n) is 4.69. The zero-order chi connectivity index (χ0) is 13.1. The van der Waals surface area contributed by atoms with Gasteiger partial charge in [-0.15, -0.1) is 0 Å². The van der Waals surface area contributed by atoms with E-state index in [1.165, 1.54) is 6.07 Å². The molecular formula is C14H18FN3. The van der Waals surface area contributed by atoms with E-state index in [9.17, 15) is 4.39 Å². The van der Waals surface area contributed by atoms with Gasteiger partial charge in [0, 0.05) is 17.8 Å². The highest BCUT2D eigenvalue weighted by atomic mass is 19.1. The lowest BCUT2D eigenvalue weighted by molar-refractivity contribution is 0.532. The van der Waals surface area contributed by atoms with E-state index in [2.05, 4.69) is 24.3 Å². The molecular weight excluding hydrogens is 229 g/mol. The number of hydrogen-bond donors (Lipinski definition) is 1. The summed E-state index contributed by atoms with van der Waals surface area (Å²) < 4.78 is 15.5. The molecule has 1 aromatic heterocycles. The summed E-state index contributed by atoms with van der Waals surface area (Å²) in [5.41, 5.74) is 1.56. The number of nitrogens with one attached hydrogen (secondary N) is 1. The Balaban J connectivity index is 2.11. The fraction of sp³-hybridized carbons (Fsp3) is 0.357. The fourth-order valence-electron chi connectivity index (χ4n) is 1.85. The molecule has 0 aliphatic heterocycles. The van der Waals surface area contributed by atoms with Gasteiger partial charge in [-0.05, 0) is 26.8 Å². The molecule has 0 saturated carbocycles. The molecule has 1 N–H and O–H groups in total. The average molecular weight is 247 g/mol. The number of halogens is 1. The van der Waals surface area contributed by atoms with Crippen LogP contribution in [0, 0.1) is 5.82 Å². The molecule has 2 rings (SSSR count). The number of aromatic nitrogens is 2. The first-order valence-corrected chi connectivity index (χ1v) is 6.13. The summed E-state index contributed by atoms with van der Waals surface area (Å²) in [4.78, 5) is 0. The minimum Gasteiger partial charge on any atom is -0.376 e. The molecule has 1 atom stereocenters. The number of nitrogens with zero attached hydrogens (tertiary/aromatic N) is 2. The topological polar surface area (TPSA) is 29.9 Å². The van der Waals surface area contributed by atoms with Gasteiger partial charge < -0.3 is 5.32 Å². The van der Waals surface area contributed by atoms with Crippen LogP contribution in [0.3, 0.4) is 0 Å². The van der Waals surface area contributed by atoms with Gasteiger partial charge in [-0.2, -0.15) is 5.10 Å². The molecule has 0 aliphatic rings. The second-order valence-corrected chi connectivity index (χ2v) is 4.69. The molecule has 0 bridgehead atoms. The lowest BCUT2D eigenvalue weighted by Crippen LogP contribution is -2.08. The van der Waals surface area contributed by atoms with E-state index in [4.69, 9.17) is 0 Å². The summed E-state index contributed by atoms with van der Waals surface area (Å²) >= 11 is 0. The molecule has 3 nitrogen and oxygen atoms in total. The van der Waals surface area contributed by atoms with Crippen LogP contribution in [0.15, 0.2) is 36.7 Å². The van der Waals surface area contributed by atoms with Crippen molar-refractivity contribution in [3.63, 3.8) is 0 Å². The van der Waals surface area contributed by atoms with Gasteiger partial charge in [0.15, 0.2) is 0 Å². The zero-order valence-corrected chi connectivity index (χ0v) is 10.9. The zero-order valence-electron chi connectivity index (χ0n) is 10.9. The third kappa shape index (κ3) is 2.70. The number of benzene rings is 1.